The molecule has 4 nitrogen and oxygen atoms in total. The van der Waals surface area contributed by atoms with Crippen molar-refractivity contribution in [3.63, 3.8) is 0 Å². The van der Waals surface area contributed by atoms with Gasteiger partial charge in [-0.1, -0.05) is 12.1 Å². The van der Waals surface area contributed by atoms with E-state index >= 15 is 0 Å². The predicted molar refractivity (Wildman–Crippen MR) is 68.4 cm³/mol. The molecule has 96 valence electrons. The number of rotatable bonds is 1. The SMILES string of the molecule is O=C(c1cccc2c1CCNC2)N1CCC(O)C1. The van der Waals surface area contributed by atoms with Crippen LogP contribution in [-0.4, -0.2) is 41.7 Å². The molecule has 2 aliphatic rings. The van der Waals surface area contributed by atoms with Crippen molar-refractivity contribution in [2.45, 2.75) is 25.5 Å². The number of hydrogen-bond donors (Lipinski definition) is 2. The Kier molecular flexibility index (Phi) is 3.06. The van der Waals surface area contributed by atoms with E-state index in [1.54, 1.807) is 4.90 Å². The molecule has 1 unspecified atom stereocenters. The van der Waals surface area contributed by atoms with Gasteiger partial charge in [-0.3, -0.25) is 4.79 Å². The summed E-state index contributed by atoms with van der Waals surface area (Å²) in [5, 5.41) is 12.8. The van der Waals surface area contributed by atoms with Crippen LogP contribution in [-0.2, 0) is 13.0 Å². The Hall–Kier alpha value is -1.39. The van der Waals surface area contributed by atoms with Crippen molar-refractivity contribution >= 4 is 5.91 Å². The van der Waals surface area contributed by atoms with Crippen LogP contribution in [0.15, 0.2) is 18.2 Å². The third-order valence-electron chi connectivity index (χ3n) is 3.82. The summed E-state index contributed by atoms with van der Waals surface area (Å²) in [5.41, 5.74) is 3.23. The maximum atomic E-state index is 12.5. The predicted octanol–water partition coefficient (Wildman–Crippen LogP) is 0.539. The number of carbonyl (C=O) groups excluding carboxylic acids is 1. The Balaban J connectivity index is 1.90. The Morgan fingerprint density at radius 1 is 1.44 bits per heavy atom. The van der Waals surface area contributed by atoms with Gasteiger partial charge >= 0.3 is 0 Å². The number of fused-ring (bicyclic) bond motifs is 1. The Morgan fingerprint density at radius 3 is 3.11 bits per heavy atom. The van der Waals surface area contributed by atoms with Crippen LogP contribution in [0.4, 0.5) is 0 Å². The Labute approximate surface area is 107 Å². The highest BCUT2D eigenvalue weighted by Gasteiger charge is 2.27. The van der Waals surface area contributed by atoms with Gasteiger partial charge in [0.1, 0.15) is 0 Å². The number of nitrogens with zero attached hydrogens (tertiary/aromatic N) is 1. The highest BCUT2D eigenvalue weighted by atomic mass is 16.3. The van der Waals surface area contributed by atoms with E-state index in [1.807, 2.05) is 12.1 Å². The van der Waals surface area contributed by atoms with Gasteiger partial charge in [-0.25, -0.2) is 0 Å². The van der Waals surface area contributed by atoms with Crippen molar-refractivity contribution in [2.75, 3.05) is 19.6 Å². The number of β-amino-alcohol motifs (C(OH)–C–C–N with tert-alkyl or cyclic N) is 1. The second kappa shape index (κ2) is 4.71. The molecule has 1 fully saturated rings. The molecule has 1 aromatic rings. The molecule has 1 atom stereocenters. The quantitative estimate of drug-likeness (QED) is 0.760. The van der Waals surface area contributed by atoms with Crippen molar-refractivity contribution in [3.05, 3.63) is 34.9 Å². The first-order valence-electron chi connectivity index (χ1n) is 6.54. The van der Waals surface area contributed by atoms with Gasteiger partial charge < -0.3 is 15.3 Å². The van der Waals surface area contributed by atoms with Gasteiger partial charge in [-0.15, -0.1) is 0 Å². The van der Waals surface area contributed by atoms with Gasteiger partial charge in [0, 0.05) is 25.2 Å². The summed E-state index contributed by atoms with van der Waals surface area (Å²) in [7, 11) is 0. The molecule has 0 aromatic heterocycles. The molecule has 18 heavy (non-hydrogen) atoms. The molecule has 1 amide bonds. The minimum absolute atomic E-state index is 0.0744. The number of aliphatic hydroxyl groups is 1. The first-order chi connectivity index (χ1) is 8.75. The van der Waals surface area contributed by atoms with Crippen LogP contribution >= 0.6 is 0 Å². The summed E-state index contributed by atoms with van der Waals surface area (Å²) in [5.74, 6) is 0.0744. The molecule has 0 bridgehead atoms. The molecule has 1 aromatic carbocycles. The first kappa shape index (κ1) is 11.7. The lowest BCUT2D eigenvalue weighted by molar-refractivity contribution is 0.0763. The smallest absolute Gasteiger partial charge is 0.254 e. The maximum absolute atomic E-state index is 12.5. The average Bonchev–Trinajstić information content (AvgIpc) is 2.84. The van der Waals surface area contributed by atoms with E-state index < -0.39 is 0 Å². The van der Waals surface area contributed by atoms with E-state index in [-0.39, 0.29) is 12.0 Å². The van der Waals surface area contributed by atoms with E-state index in [2.05, 4.69) is 11.4 Å². The highest BCUT2D eigenvalue weighted by Crippen LogP contribution is 2.22. The molecule has 2 heterocycles. The zero-order valence-electron chi connectivity index (χ0n) is 10.4. The number of carbonyl (C=O) groups is 1. The lowest BCUT2D eigenvalue weighted by Gasteiger charge is -2.22. The molecule has 0 saturated carbocycles. The molecular weight excluding hydrogens is 228 g/mol. The lowest BCUT2D eigenvalue weighted by atomic mass is 9.95. The monoisotopic (exact) mass is 246 g/mol. The maximum Gasteiger partial charge on any atom is 0.254 e. The molecule has 0 aliphatic carbocycles. The van der Waals surface area contributed by atoms with Gasteiger partial charge in [-0.05, 0) is 36.6 Å². The summed E-state index contributed by atoms with van der Waals surface area (Å²) in [6, 6.07) is 5.94. The average molecular weight is 246 g/mol. The van der Waals surface area contributed by atoms with Crippen molar-refractivity contribution in [3.8, 4) is 0 Å². The van der Waals surface area contributed by atoms with E-state index in [1.165, 1.54) is 11.1 Å². The molecule has 2 N–H and O–H groups in total. The molecule has 1 saturated heterocycles. The number of aliphatic hydroxyl groups excluding tert-OH is 1. The second-order valence-corrected chi connectivity index (χ2v) is 5.06. The van der Waals surface area contributed by atoms with Gasteiger partial charge in [0.05, 0.1) is 6.10 Å². The fourth-order valence-electron chi connectivity index (χ4n) is 2.83. The fraction of sp³-hybridized carbons (Fsp3) is 0.500. The number of nitrogens with one attached hydrogen (secondary N) is 1. The van der Waals surface area contributed by atoms with Gasteiger partial charge in [0.25, 0.3) is 5.91 Å². The minimum Gasteiger partial charge on any atom is -0.391 e. The summed E-state index contributed by atoms with van der Waals surface area (Å²) in [6.07, 6.45) is 1.26. The zero-order valence-corrected chi connectivity index (χ0v) is 10.4. The Morgan fingerprint density at radius 2 is 2.33 bits per heavy atom. The summed E-state index contributed by atoms with van der Waals surface area (Å²) in [6.45, 7) is 2.92. The fourth-order valence-corrected chi connectivity index (χ4v) is 2.83. The normalized spacial score (nSPS) is 22.9. The lowest BCUT2D eigenvalue weighted by Crippen LogP contribution is -2.32. The van der Waals surface area contributed by atoms with E-state index in [9.17, 15) is 9.90 Å². The molecule has 0 spiro atoms. The Bertz CT molecular complexity index is 473. The summed E-state index contributed by atoms with van der Waals surface area (Å²) < 4.78 is 0. The van der Waals surface area contributed by atoms with E-state index in [4.69, 9.17) is 0 Å². The largest absolute Gasteiger partial charge is 0.391 e. The van der Waals surface area contributed by atoms with Crippen LogP contribution in [0.5, 0.6) is 0 Å². The first-order valence-corrected chi connectivity index (χ1v) is 6.54. The molecule has 3 rings (SSSR count). The van der Waals surface area contributed by atoms with Gasteiger partial charge in [-0.2, -0.15) is 0 Å². The van der Waals surface area contributed by atoms with Crippen LogP contribution < -0.4 is 5.32 Å². The zero-order chi connectivity index (χ0) is 12.5. The number of amides is 1. The molecule has 4 heteroatoms. The highest BCUT2D eigenvalue weighted by molar-refractivity contribution is 5.96. The third kappa shape index (κ3) is 2.02. The summed E-state index contributed by atoms with van der Waals surface area (Å²) >= 11 is 0. The second-order valence-electron chi connectivity index (χ2n) is 5.06. The molecular formula is C14H18N2O2. The van der Waals surface area contributed by atoms with Crippen molar-refractivity contribution in [1.82, 2.24) is 10.2 Å². The van der Waals surface area contributed by atoms with Crippen LogP contribution in [0, 0.1) is 0 Å². The van der Waals surface area contributed by atoms with Gasteiger partial charge in [0.2, 0.25) is 0 Å². The van der Waals surface area contributed by atoms with Crippen molar-refractivity contribution < 1.29 is 9.90 Å². The van der Waals surface area contributed by atoms with Crippen LogP contribution in [0.2, 0.25) is 0 Å². The van der Waals surface area contributed by atoms with Crippen LogP contribution in [0.25, 0.3) is 0 Å². The topological polar surface area (TPSA) is 52.6 Å². The van der Waals surface area contributed by atoms with Crippen molar-refractivity contribution in [1.29, 1.82) is 0 Å². The summed E-state index contributed by atoms with van der Waals surface area (Å²) in [4.78, 5) is 14.2. The number of benzene rings is 1. The number of hydrogen-bond acceptors (Lipinski definition) is 3. The van der Waals surface area contributed by atoms with Crippen molar-refractivity contribution in [2.24, 2.45) is 0 Å². The van der Waals surface area contributed by atoms with E-state index in [0.29, 0.717) is 19.5 Å². The molecule has 0 radical (unpaired) electrons. The van der Waals surface area contributed by atoms with Gasteiger partial charge in [0.15, 0.2) is 0 Å². The standard InChI is InChI=1S/C14H18N2O2/c17-11-5-7-16(9-11)14(18)13-3-1-2-10-8-15-6-4-12(10)13/h1-3,11,15,17H,4-9H2. The third-order valence-corrected chi connectivity index (χ3v) is 3.82. The minimum atomic E-state index is -0.352. The molecule has 2 aliphatic heterocycles. The van der Waals surface area contributed by atoms with Crippen LogP contribution in [0.3, 0.4) is 0 Å². The number of likely N-dealkylation sites (tertiary alicyclic amines) is 1. The van der Waals surface area contributed by atoms with Crippen LogP contribution in [0.1, 0.15) is 27.9 Å². The van der Waals surface area contributed by atoms with E-state index in [0.717, 1.165) is 25.1 Å².